The van der Waals surface area contributed by atoms with Crippen LogP contribution in [0, 0.1) is 11.8 Å². The maximum absolute atomic E-state index is 12.9. The fourth-order valence-corrected chi connectivity index (χ4v) is 6.09. The van der Waals surface area contributed by atoms with E-state index in [9.17, 15) is 24.3 Å². The SMILES string of the molecule is C=C(C)C(=O)OCCCCCCOc1ccc2cc(C(=O)Oc3ccc(C(=O)Oc4ccc(/C=C/C(=O)OCC5CCC(C)CC5)cc4O)cc3)ccc2c1.CC.CC. The normalized spacial score (nSPS) is 14.5. The van der Waals surface area contributed by atoms with Gasteiger partial charge in [0.25, 0.3) is 0 Å². The summed E-state index contributed by atoms with van der Waals surface area (Å²) in [6.07, 6.45) is 10.9. The van der Waals surface area contributed by atoms with Crippen LogP contribution in [0.5, 0.6) is 23.0 Å². The maximum Gasteiger partial charge on any atom is 0.343 e. The molecule has 4 aromatic rings. The van der Waals surface area contributed by atoms with E-state index in [1.807, 2.05) is 52.0 Å². The molecule has 1 aliphatic carbocycles. The molecule has 0 aromatic heterocycles. The average molecular weight is 809 g/mol. The maximum atomic E-state index is 12.9. The van der Waals surface area contributed by atoms with Gasteiger partial charge in [-0.05, 0) is 140 Å². The number of rotatable bonds is 17. The van der Waals surface area contributed by atoms with Crippen LogP contribution in [0.4, 0.5) is 0 Å². The molecule has 4 aromatic carbocycles. The Morgan fingerprint density at radius 2 is 1.31 bits per heavy atom. The second kappa shape index (κ2) is 25.5. The molecule has 0 amide bonds. The third kappa shape index (κ3) is 16.1. The lowest BCUT2D eigenvalue weighted by Crippen LogP contribution is -2.18. The van der Waals surface area contributed by atoms with Gasteiger partial charge in [-0.3, -0.25) is 0 Å². The van der Waals surface area contributed by atoms with Crippen molar-refractivity contribution in [2.24, 2.45) is 11.8 Å². The molecule has 5 rings (SSSR count). The van der Waals surface area contributed by atoms with Crippen molar-refractivity contribution in [1.29, 1.82) is 0 Å². The van der Waals surface area contributed by atoms with Crippen LogP contribution in [0.3, 0.4) is 0 Å². The van der Waals surface area contributed by atoms with Crippen LogP contribution in [0.1, 0.15) is 119 Å². The lowest BCUT2D eigenvalue weighted by molar-refractivity contribution is -0.140. The van der Waals surface area contributed by atoms with Crippen molar-refractivity contribution in [2.75, 3.05) is 19.8 Å². The lowest BCUT2D eigenvalue weighted by Gasteiger charge is -2.25. The summed E-state index contributed by atoms with van der Waals surface area (Å²) >= 11 is 0. The van der Waals surface area contributed by atoms with Crippen molar-refractivity contribution < 1.29 is 48.0 Å². The first kappa shape index (κ1) is 47.5. The van der Waals surface area contributed by atoms with Gasteiger partial charge in [0.15, 0.2) is 11.5 Å². The number of aromatic hydroxyl groups is 1. The van der Waals surface area contributed by atoms with Gasteiger partial charge in [-0.15, -0.1) is 0 Å². The van der Waals surface area contributed by atoms with E-state index in [4.69, 9.17) is 23.7 Å². The molecule has 0 radical (unpaired) electrons. The molecule has 1 aliphatic rings. The summed E-state index contributed by atoms with van der Waals surface area (Å²) in [6.45, 7) is 16.8. The molecule has 0 aliphatic heterocycles. The van der Waals surface area contributed by atoms with E-state index >= 15 is 0 Å². The van der Waals surface area contributed by atoms with Crippen LogP contribution in [0.15, 0.2) is 97.1 Å². The molecule has 0 bridgehead atoms. The molecular formula is C49H60O10. The summed E-state index contributed by atoms with van der Waals surface area (Å²) in [6, 6.07) is 21.2. The van der Waals surface area contributed by atoms with Crippen molar-refractivity contribution >= 4 is 40.7 Å². The van der Waals surface area contributed by atoms with Crippen LogP contribution < -0.4 is 14.2 Å². The highest BCUT2D eigenvalue weighted by Crippen LogP contribution is 2.30. The Morgan fingerprint density at radius 1 is 0.695 bits per heavy atom. The van der Waals surface area contributed by atoms with Crippen molar-refractivity contribution in [3.05, 3.63) is 114 Å². The number of benzene rings is 4. The molecule has 1 saturated carbocycles. The van der Waals surface area contributed by atoms with E-state index in [2.05, 4.69) is 13.5 Å². The molecular weight excluding hydrogens is 749 g/mol. The van der Waals surface area contributed by atoms with E-state index in [-0.39, 0.29) is 28.8 Å². The molecule has 0 unspecified atom stereocenters. The highest BCUT2D eigenvalue weighted by molar-refractivity contribution is 5.97. The van der Waals surface area contributed by atoms with Gasteiger partial charge in [0, 0.05) is 11.6 Å². The topological polar surface area (TPSA) is 135 Å². The summed E-state index contributed by atoms with van der Waals surface area (Å²) in [5, 5.41) is 12.2. The van der Waals surface area contributed by atoms with Crippen molar-refractivity contribution in [1.82, 2.24) is 0 Å². The summed E-state index contributed by atoms with van der Waals surface area (Å²) in [7, 11) is 0. The summed E-state index contributed by atoms with van der Waals surface area (Å²) in [5.74, 6) is -0.288. The molecule has 10 nitrogen and oxygen atoms in total. The molecule has 0 heterocycles. The Kier molecular flexibility index (Phi) is 20.5. The van der Waals surface area contributed by atoms with Crippen molar-refractivity contribution in [3.8, 4) is 23.0 Å². The van der Waals surface area contributed by atoms with Gasteiger partial charge in [0.05, 0.1) is 30.9 Å². The summed E-state index contributed by atoms with van der Waals surface area (Å²) in [5.41, 5.74) is 1.48. The van der Waals surface area contributed by atoms with Gasteiger partial charge < -0.3 is 28.8 Å². The number of phenols is 1. The van der Waals surface area contributed by atoms with Crippen LogP contribution >= 0.6 is 0 Å². The molecule has 1 fully saturated rings. The van der Waals surface area contributed by atoms with E-state index in [0.29, 0.717) is 42.4 Å². The van der Waals surface area contributed by atoms with E-state index in [1.165, 1.54) is 48.6 Å². The second-order valence-electron chi connectivity index (χ2n) is 14.0. The highest BCUT2D eigenvalue weighted by atomic mass is 16.5. The predicted molar refractivity (Wildman–Crippen MR) is 232 cm³/mol. The molecule has 1 N–H and O–H groups in total. The Hall–Kier alpha value is -5.90. The first-order valence-corrected chi connectivity index (χ1v) is 20.8. The number of hydrogen-bond donors (Lipinski definition) is 1. The number of ether oxygens (including phenoxy) is 5. The van der Waals surface area contributed by atoms with E-state index in [0.717, 1.165) is 73.8 Å². The zero-order valence-electron chi connectivity index (χ0n) is 35.4. The summed E-state index contributed by atoms with van der Waals surface area (Å²) < 4.78 is 27.3. The Balaban J connectivity index is 0.00000225. The van der Waals surface area contributed by atoms with Crippen LogP contribution in [0.2, 0.25) is 0 Å². The lowest BCUT2D eigenvalue weighted by atomic mass is 9.83. The zero-order chi connectivity index (χ0) is 43.2. The van der Waals surface area contributed by atoms with E-state index < -0.39 is 17.9 Å². The average Bonchev–Trinajstić information content (AvgIpc) is 3.25. The third-order valence-electron chi connectivity index (χ3n) is 9.43. The Labute approximate surface area is 349 Å². The smallest absolute Gasteiger partial charge is 0.343 e. The van der Waals surface area contributed by atoms with Gasteiger partial charge >= 0.3 is 23.9 Å². The number of carbonyl (C=O) groups excluding carboxylic acids is 4. The van der Waals surface area contributed by atoms with Gasteiger partial charge in [0.1, 0.15) is 11.5 Å². The van der Waals surface area contributed by atoms with Crippen LogP contribution in [-0.4, -0.2) is 48.8 Å². The number of fused-ring (bicyclic) bond motifs is 1. The minimum atomic E-state index is -0.714. The van der Waals surface area contributed by atoms with Crippen molar-refractivity contribution in [2.45, 2.75) is 92.9 Å². The third-order valence-corrected chi connectivity index (χ3v) is 9.43. The number of hydrogen-bond acceptors (Lipinski definition) is 10. The molecule has 0 atom stereocenters. The number of phenolic OH excluding ortho intramolecular Hbond substituents is 1. The molecule has 59 heavy (non-hydrogen) atoms. The first-order valence-electron chi connectivity index (χ1n) is 20.8. The largest absolute Gasteiger partial charge is 0.504 e. The van der Waals surface area contributed by atoms with Crippen LogP contribution in [0.25, 0.3) is 16.8 Å². The quantitative estimate of drug-likeness (QED) is 0.0475. The minimum absolute atomic E-state index is 0.0470. The number of unbranched alkanes of at least 4 members (excludes halogenated alkanes) is 3. The van der Waals surface area contributed by atoms with Gasteiger partial charge in [-0.1, -0.05) is 72.2 Å². The Morgan fingerprint density at radius 3 is 1.98 bits per heavy atom. The number of carbonyl (C=O) groups is 4. The minimum Gasteiger partial charge on any atom is -0.504 e. The van der Waals surface area contributed by atoms with E-state index in [1.54, 1.807) is 25.1 Å². The second-order valence-corrected chi connectivity index (χ2v) is 14.0. The molecule has 10 heteroatoms. The van der Waals surface area contributed by atoms with Gasteiger partial charge in [-0.25, -0.2) is 19.2 Å². The zero-order valence-corrected chi connectivity index (χ0v) is 35.4. The monoisotopic (exact) mass is 808 g/mol. The Bertz CT molecular complexity index is 2010. The standard InChI is InChI=1S/C45H48O10.2C2H6/c1-30(2)43(48)52-25-7-5-4-6-24-51-39-21-18-35-27-37(15-14-36(35)28-39)45(50)54-38-19-16-34(17-20-38)44(49)55-41-22-12-32(26-40(41)46)13-23-42(47)53-29-33-10-8-31(3)9-11-33;2*1-2/h12-23,26-28,31,33,46H,1,4-11,24-25,29H2,2-3H3;2*1-2H3/b23-13+;;. The predicted octanol–water partition coefficient (Wildman–Crippen LogP) is 11.5. The summed E-state index contributed by atoms with van der Waals surface area (Å²) in [4.78, 5) is 49.4. The first-order chi connectivity index (χ1) is 28.5. The van der Waals surface area contributed by atoms with Crippen molar-refractivity contribution in [3.63, 3.8) is 0 Å². The fraction of sp³-hybridized carbons (Fsp3) is 0.388. The number of esters is 4. The highest BCUT2D eigenvalue weighted by Gasteiger charge is 2.19. The molecule has 0 spiro atoms. The fourth-order valence-electron chi connectivity index (χ4n) is 6.09. The molecule has 0 saturated heterocycles. The van der Waals surface area contributed by atoms with Gasteiger partial charge in [0.2, 0.25) is 0 Å². The van der Waals surface area contributed by atoms with Gasteiger partial charge in [-0.2, -0.15) is 0 Å². The molecule has 316 valence electrons. The van der Waals surface area contributed by atoms with Crippen LogP contribution in [-0.2, 0) is 19.1 Å².